The van der Waals surface area contributed by atoms with Gasteiger partial charge in [0.15, 0.2) is 11.9 Å². The lowest BCUT2D eigenvalue weighted by atomic mass is 10.1. The molecular formula is C18H16N6O3. The summed E-state index contributed by atoms with van der Waals surface area (Å²) >= 11 is 0. The highest BCUT2D eigenvalue weighted by Crippen LogP contribution is 2.29. The van der Waals surface area contributed by atoms with Gasteiger partial charge in [0.2, 0.25) is 0 Å². The molecule has 0 spiro atoms. The van der Waals surface area contributed by atoms with Crippen LogP contribution in [0.1, 0.15) is 11.8 Å². The molecule has 3 N–H and O–H groups in total. The van der Waals surface area contributed by atoms with E-state index in [1.807, 2.05) is 30.3 Å². The van der Waals surface area contributed by atoms with Crippen LogP contribution < -0.4 is 5.32 Å². The standard InChI is InChI=1S/C18H16N6O3/c25-15(26)11-23-10-14(16(22-23)12-5-2-1-3-6-12)21-18(27)13-9-20-24-8-4-7-19-17(13)24/h1-10,18,21,27H,11H2,(H,25,26). The molecule has 0 aliphatic heterocycles. The predicted octanol–water partition coefficient (Wildman–Crippen LogP) is 1.78. The molecule has 0 radical (unpaired) electrons. The van der Waals surface area contributed by atoms with Crippen LogP contribution in [-0.2, 0) is 11.3 Å². The number of carboxylic acids is 1. The van der Waals surface area contributed by atoms with Crippen molar-refractivity contribution in [1.29, 1.82) is 0 Å². The number of benzene rings is 1. The molecule has 0 aliphatic carbocycles. The van der Waals surface area contributed by atoms with E-state index in [-0.39, 0.29) is 6.54 Å². The number of nitrogens with zero attached hydrogens (tertiary/aromatic N) is 5. The molecule has 4 aromatic rings. The maximum atomic E-state index is 11.0. The van der Waals surface area contributed by atoms with Gasteiger partial charge in [-0.15, -0.1) is 0 Å². The van der Waals surface area contributed by atoms with Gasteiger partial charge in [0.25, 0.3) is 0 Å². The van der Waals surface area contributed by atoms with E-state index in [4.69, 9.17) is 5.11 Å². The van der Waals surface area contributed by atoms with Crippen LogP contribution in [0.25, 0.3) is 16.9 Å². The zero-order valence-corrected chi connectivity index (χ0v) is 14.1. The molecule has 0 amide bonds. The first-order valence-corrected chi connectivity index (χ1v) is 8.19. The summed E-state index contributed by atoms with van der Waals surface area (Å²) in [6, 6.07) is 11.1. The first-order valence-electron chi connectivity index (χ1n) is 8.19. The van der Waals surface area contributed by atoms with Gasteiger partial charge in [-0.2, -0.15) is 10.2 Å². The molecule has 9 heteroatoms. The van der Waals surface area contributed by atoms with Crippen LogP contribution in [0.3, 0.4) is 0 Å². The molecule has 1 aromatic carbocycles. The highest BCUT2D eigenvalue weighted by Gasteiger charge is 2.19. The molecule has 0 bridgehead atoms. The average molecular weight is 364 g/mol. The van der Waals surface area contributed by atoms with E-state index in [0.717, 1.165) is 5.56 Å². The lowest BCUT2D eigenvalue weighted by Gasteiger charge is -2.12. The molecular weight excluding hydrogens is 348 g/mol. The second-order valence-corrected chi connectivity index (χ2v) is 5.88. The Labute approximate surface area is 153 Å². The number of rotatable bonds is 6. The van der Waals surface area contributed by atoms with Crippen molar-refractivity contribution in [1.82, 2.24) is 24.4 Å². The van der Waals surface area contributed by atoms with Crippen molar-refractivity contribution in [2.75, 3.05) is 5.32 Å². The molecule has 1 unspecified atom stereocenters. The highest BCUT2D eigenvalue weighted by molar-refractivity contribution is 5.75. The molecule has 27 heavy (non-hydrogen) atoms. The monoisotopic (exact) mass is 364 g/mol. The Kier molecular flexibility index (Phi) is 4.27. The Hall–Kier alpha value is -3.72. The number of fused-ring (bicyclic) bond motifs is 1. The first-order chi connectivity index (χ1) is 13.1. The van der Waals surface area contributed by atoms with Gasteiger partial charge >= 0.3 is 5.97 Å². The fourth-order valence-corrected chi connectivity index (χ4v) is 2.82. The van der Waals surface area contributed by atoms with E-state index in [1.54, 1.807) is 29.2 Å². The van der Waals surface area contributed by atoms with Crippen LogP contribution in [0.5, 0.6) is 0 Å². The molecule has 1 atom stereocenters. The van der Waals surface area contributed by atoms with Gasteiger partial charge in [0.1, 0.15) is 12.2 Å². The normalized spacial score (nSPS) is 12.2. The molecule has 0 aliphatic rings. The van der Waals surface area contributed by atoms with Crippen molar-refractivity contribution in [2.24, 2.45) is 0 Å². The summed E-state index contributed by atoms with van der Waals surface area (Å²) in [6.45, 7) is -0.282. The minimum atomic E-state index is -1.10. The Morgan fingerprint density at radius 1 is 1.22 bits per heavy atom. The second kappa shape index (κ2) is 6.89. The highest BCUT2D eigenvalue weighted by atomic mass is 16.4. The van der Waals surface area contributed by atoms with Crippen molar-refractivity contribution in [3.63, 3.8) is 0 Å². The molecule has 136 valence electrons. The van der Waals surface area contributed by atoms with Crippen LogP contribution in [-0.4, -0.2) is 40.6 Å². The van der Waals surface area contributed by atoms with E-state index >= 15 is 0 Å². The Morgan fingerprint density at radius 2 is 2.04 bits per heavy atom. The third-order valence-electron chi connectivity index (χ3n) is 4.00. The van der Waals surface area contributed by atoms with Gasteiger partial charge in [0, 0.05) is 24.2 Å². The number of hydrogen-bond donors (Lipinski definition) is 3. The zero-order chi connectivity index (χ0) is 18.8. The SMILES string of the molecule is O=C(O)Cn1cc(NC(O)c2cnn3cccnc23)c(-c2ccccc2)n1. The van der Waals surface area contributed by atoms with E-state index in [9.17, 15) is 9.90 Å². The number of carbonyl (C=O) groups is 1. The fourth-order valence-electron chi connectivity index (χ4n) is 2.82. The number of carboxylic acid groups (broad SMARTS) is 1. The molecule has 9 nitrogen and oxygen atoms in total. The number of nitrogens with one attached hydrogen (secondary N) is 1. The van der Waals surface area contributed by atoms with E-state index in [1.165, 1.54) is 10.9 Å². The van der Waals surface area contributed by atoms with Crippen molar-refractivity contribution in [3.8, 4) is 11.3 Å². The summed E-state index contributed by atoms with van der Waals surface area (Å²) in [5.41, 5.74) is 2.87. The smallest absolute Gasteiger partial charge is 0.325 e. The topological polar surface area (TPSA) is 118 Å². The molecule has 0 fully saturated rings. The summed E-state index contributed by atoms with van der Waals surface area (Å²) in [5, 5.41) is 31.2. The fraction of sp³-hybridized carbons (Fsp3) is 0.111. The van der Waals surface area contributed by atoms with Gasteiger partial charge in [-0.3, -0.25) is 9.48 Å². The Balaban J connectivity index is 1.69. The van der Waals surface area contributed by atoms with E-state index < -0.39 is 12.2 Å². The summed E-state index contributed by atoms with van der Waals surface area (Å²) in [5.74, 6) is -1.00. The van der Waals surface area contributed by atoms with Crippen LogP contribution in [0.4, 0.5) is 5.69 Å². The Morgan fingerprint density at radius 3 is 2.81 bits per heavy atom. The van der Waals surface area contributed by atoms with Gasteiger partial charge in [-0.05, 0) is 6.07 Å². The average Bonchev–Trinajstić information content (AvgIpc) is 3.26. The van der Waals surface area contributed by atoms with Crippen molar-refractivity contribution in [3.05, 3.63) is 66.7 Å². The maximum Gasteiger partial charge on any atom is 0.325 e. The van der Waals surface area contributed by atoms with E-state index in [2.05, 4.69) is 20.5 Å². The minimum Gasteiger partial charge on any atom is -0.480 e. The second-order valence-electron chi connectivity index (χ2n) is 5.88. The van der Waals surface area contributed by atoms with Crippen molar-refractivity contribution >= 4 is 17.3 Å². The van der Waals surface area contributed by atoms with Gasteiger partial charge in [-0.25, -0.2) is 9.50 Å². The van der Waals surface area contributed by atoms with Crippen LogP contribution in [0.2, 0.25) is 0 Å². The van der Waals surface area contributed by atoms with Gasteiger partial charge < -0.3 is 15.5 Å². The maximum absolute atomic E-state index is 11.0. The van der Waals surface area contributed by atoms with Crippen LogP contribution in [0, 0.1) is 0 Å². The summed E-state index contributed by atoms with van der Waals surface area (Å²) in [7, 11) is 0. The number of aliphatic hydroxyl groups is 1. The zero-order valence-electron chi connectivity index (χ0n) is 14.1. The summed E-state index contributed by atoms with van der Waals surface area (Å²) in [4.78, 5) is 15.3. The number of hydrogen-bond acceptors (Lipinski definition) is 6. The third-order valence-corrected chi connectivity index (χ3v) is 4.00. The summed E-state index contributed by atoms with van der Waals surface area (Å²) in [6.07, 6.45) is 5.34. The first kappa shape index (κ1) is 16.7. The number of anilines is 1. The number of aromatic nitrogens is 5. The third kappa shape index (κ3) is 3.35. The van der Waals surface area contributed by atoms with Crippen molar-refractivity contribution < 1.29 is 15.0 Å². The van der Waals surface area contributed by atoms with Gasteiger partial charge in [-0.1, -0.05) is 30.3 Å². The summed E-state index contributed by atoms with van der Waals surface area (Å²) < 4.78 is 2.88. The lowest BCUT2D eigenvalue weighted by Crippen LogP contribution is -2.10. The predicted molar refractivity (Wildman–Crippen MR) is 96.9 cm³/mol. The molecule has 0 saturated carbocycles. The minimum absolute atomic E-state index is 0.282. The molecule has 3 heterocycles. The largest absolute Gasteiger partial charge is 0.480 e. The molecule has 3 aromatic heterocycles. The number of aliphatic carboxylic acids is 1. The van der Waals surface area contributed by atoms with E-state index in [0.29, 0.717) is 22.6 Å². The van der Waals surface area contributed by atoms with Crippen LogP contribution >= 0.6 is 0 Å². The van der Waals surface area contributed by atoms with Crippen LogP contribution in [0.15, 0.2) is 61.2 Å². The van der Waals surface area contributed by atoms with Gasteiger partial charge in [0.05, 0.1) is 17.4 Å². The van der Waals surface area contributed by atoms with Crippen molar-refractivity contribution in [2.45, 2.75) is 12.8 Å². The quantitative estimate of drug-likeness (QED) is 0.446. The molecule has 4 rings (SSSR count). The molecule has 0 saturated heterocycles. The lowest BCUT2D eigenvalue weighted by molar-refractivity contribution is -0.137. The number of aliphatic hydroxyl groups excluding tert-OH is 1. The Bertz CT molecular complexity index is 1090.